The van der Waals surface area contributed by atoms with Gasteiger partial charge in [-0.15, -0.1) is 0 Å². The fourth-order valence-electron chi connectivity index (χ4n) is 4.22. The number of hydrogen-bond donors (Lipinski definition) is 1. The molecule has 2 aliphatic carbocycles. The second-order valence-corrected chi connectivity index (χ2v) is 8.29. The average Bonchev–Trinajstić information content (AvgIpc) is 3.55. The van der Waals surface area contributed by atoms with Crippen LogP contribution in [0.3, 0.4) is 0 Å². The van der Waals surface area contributed by atoms with Crippen LogP contribution in [0.25, 0.3) is 0 Å². The highest BCUT2D eigenvalue weighted by Crippen LogP contribution is 2.46. The SMILES string of the molecule is CN(C(=O)NCC1(CN2CCCC2)CC1)C(c1ccccn1)C1CC1. The summed E-state index contributed by atoms with van der Waals surface area (Å²) in [6.07, 6.45) is 9.37. The second kappa shape index (κ2) is 6.94. The van der Waals surface area contributed by atoms with E-state index in [9.17, 15) is 4.79 Å². The third kappa shape index (κ3) is 3.97. The van der Waals surface area contributed by atoms with Crippen LogP contribution < -0.4 is 5.32 Å². The predicted molar refractivity (Wildman–Crippen MR) is 98.2 cm³/mol. The fourth-order valence-corrected chi connectivity index (χ4v) is 4.22. The highest BCUT2D eigenvalue weighted by Gasteiger charge is 2.45. The molecule has 5 nitrogen and oxygen atoms in total. The van der Waals surface area contributed by atoms with Crippen LogP contribution >= 0.6 is 0 Å². The van der Waals surface area contributed by atoms with Gasteiger partial charge in [-0.25, -0.2) is 4.79 Å². The van der Waals surface area contributed by atoms with Crippen molar-refractivity contribution in [2.24, 2.45) is 11.3 Å². The molecule has 0 aromatic carbocycles. The molecule has 0 spiro atoms. The van der Waals surface area contributed by atoms with E-state index in [1.807, 2.05) is 36.3 Å². The summed E-state index contributed by atoms with van der Waals surface area (Å²) in [4.78, 5) is 21.7. The maximum atomic E-state index is 12.8. The lowest BCUT2D eigenvalue weighted by molar-refractivity contribution is 0.176. The van der Waals surface area contributed by atoms with Gasteiger partial charge in [0, 0.05) is 31.7 Å². The van der Waals surface area contributed by atoms with Gasteiger partial charge in [0.25, 0.3) is 0 Å². The van der Waals surface area contributed by atoms with Crippen molar-refractivity contribution in [1.82, 2.24) is 20.1 Å². The molecular weight excluding hydrogens is 312 g/mol. The van der Waals surface area contributed by atoms with Crippen molar-refractivity contribution >= 4 is 6.03 Å². The lowest BCUT2D eigenvalue weighted by Crippen LogP contribution is -2.44. The molecule has 2 amide bonds. The summed E-state index contributed by atoms with van der Waals surface area (Å²) in [6, 6.07) is 6.15. The summed E-state index contributed by atoms with van der Waals surface area (Å²) in [5.41, 5.74) is 1.35. The molecule has 25 heavy (non-hydrogen) atoms. The maximum Gasteiger partial charge on any atom is 0.317 e. The molecule has 5 heteroatoms. The monoisotopic (exact) mass is 342 g/mol. The number of nitrogens with zero attached hydrogens (tertiary/aromatic N) is 3. The molecule has 1 aliphatic heterocycles. The Hall–Kier alpha value is -1.62. The first-order valence-corrected chi connectivity index (χ1v) is 9.81. The summed E-state index contributed by atoms with van der Waals surface area (Å²) in [5, 5.41) is 3.22. The number of rotatable bonds is 7. The normalized spacial score (nSPS) is 23.2. The predicted octanol–water partition coefficient (Wildman–Crippen LogP) is 3.05. The molecular formula is C20H30N4O. The van der Waals surface area contributed by atoms with E-state index in [0.29, 0.717) is 11.3 Å². The number of urea groups is 1. The molecule has 1 aromatic rings. The molecule has 4 rings (SSSR count). The van der Waals surface area contributed by atoms with Crippen molar-refractivity contribution in [3.05, 3.63) is 30.1 Å². The third-order valence-electron chi connectivity index (χ3n) is 6.13. The standard InChI is InChI=1S/C20H30N4O/c1-23(18(16-7-8-16)17-6-2-3-11-21-17)19(25)22-14-20(9-10-20)15-24-12-4-5-13-24/h2-3,6,11,16,18H,4-5,7-10,12-15H2,1H3,(H,22,25). The van der Waals surface area contributed by atoms with Crippen molar-refractivity contribution in [2.75, 3.05) is 33.2 Å². The van der Waals surface area contributed by atoms with E-state index >= 15 is 0 Å². The van der Waals surface area contributed by atoms with Crippen LogP contribution in [0.4, 0.5) is 4.79 Å². The van der Waals surface area contributed by atoms with E-state index in [-0.39, 0.29) is 12.1 Å². The molecule has 1 unspecified atom stereocenters. The molecule has 0 bridgehead atoms. The number of hydrogen-bond acceptors (Lipinski definition) is 3. The summed E-state index contributed by atoms with van der Waals surface area (Å²) in [7, 11) is 1.92. The van der Waals surface area contributed by atoms with Crippen LogP contribution in [-0.4, -0.2) is 54.0 Å². The van der Waals surface area contributed by atoms with Crippen LogP contribution in [0.5, 0.6) is 0 Å². The number of pyridine rings is 1. The second-order valence-electron chi connectivity index (χ2n) is 8.29. The van der Waals surface area contributed by atoms with Gasteiger partial charge in [-0.05, 0) is 69.7 Å². The van der Waals surface area contributed by atoms with Gasteiger partial charge in [0.1, 0.15) is 0 Å². The van der Waals surface area contributed by atoms with E-state index < -0.39 is 0 Å². The first-order valence-electron chi connectivity index (χ1n) is 9.81. The highest BCUT2D eigenvalue weighted by molar-refractivity contribution is 5.74. The third-order valence-corrected chi connectivity index (χ3v) is 6.13. The molecule has 136 valence electrons. The van der Waals surface area contributed by atoms with Gasteiger partial charge in [-0.2, -0.15) is 0 Å². The van der Waals surface area contributed by atoms with Crippen LogP contribution in [0, 0.1) is 11.3 Å². The number of amides is 2. The van der Waals surface area contributed by atoms with Gasteiger partial charge in [-0.1, -0.05) is 6.07 Å². The molecule has 1 N–H and O–H groups in total. The Bertz CT molecular complexity index is 591. The van der Waals surface area contributed by atoms with Gasteiger partial charge in [0.2, 0.25) is 0 Å². The Kier molecular flexibility index (Phi) is 4.67. The van der Waals surface area contributed by atoms with E-state index in [1.54, 1.807) is 0 Å². The largest absolute Gasteiger partial charge is 0.337 e. The number of aromatic nitrogens is 1. The van der Waals surface area contributed by atoms with Crippen molar-refractivity contribution in [2.45, 2.75) is 44.6 Å². The van der Waals surface area contributed by atoms with Gasteiger partial charge >= 0.3 is 6.03 Å². The van der Waals surface area contributed by atoms with Crippen LogP contribution in [0.2, 0.25) is 0 Å². The smallest absolute Gasteiger partial charge is 0.317 e. The Labute approximate surface area is 150 Å². The van der Waals surface area contributed by atoms with Crippen molar-refractivity contribution in [1.29, 1.82) is 0 Å². The van der Waals surface area contributed by atoms with E-state index in [2.05, 4.69) is 15.2 Å². The first kappa shape index (κ1) is 16.8. The Morgan fingerprint density at radius 3 is 2.72 bits per heavy atom. The lowest BCUT2D eigenvalue weighted by Gasteiger charge is -2.29. The van der Waals surface area contributed by atoms with E-state index in [1.165, 1.54) is 51.6 Å². The van der Waals surface area contributed by atoms with E-state index in [4.69, 9.17) is 0 Å². The molecule has 2 saturated carbocycles. The Morgan fingerprint density at radius 1 is 1.36 bits per heavy atom. The van der Waals surface area contributed by atoms with Crippen LogP contribution in [0.15, 0.2) is 24.4 Å². The zero-order valence-electron chi connectivity index (χ0n) is 15.3. The zero-order chi connectivity index (χ0) is 17.3. The molecule has 1 saturated heterocycles. The van der Waals surface area contributed by atoms with Gasteiger partial charge in [-0.3, -0.25) is 4.98 Å². The Balaban J connectivity index is 1.33. The van der Waals surface area contributed by atoms with Crippen LogP contribution in [-0.2, 0) is 0 Å². The van der Waals surface area contributed by atoms with Gasteiger partial charge < -0.3 is 15.1 Å². The molecule has 3 fully saturated rings. The summed E-state index contributed by atoms with van der Waals surface area (Å²) >= 11 is 0. The summed E-state index contributed by atoms with van der Waals surface area (Å²) in [6.45, 7) is 4.44. The maximum absolute atomic E-state index is 12.8. The molecule has 1 aromatic heterocycles. The van der Waals surface area contributed by atoms with Gasteiger partial charge in [0.05, 0.1) is 11.7 Å². The number of carbonyl (C=O) groups is 1. The number of carbonyl (C=O) groups excluding carboxylic acids is 1. The number of nitrogens with one attached hydrogen (secondary N) is 1. The lowest BCUT2D eigenvalue weighted by atomic mass is 10.1. The minimum Gasteiger partial charge on any atom is -0.337 e. The topological polar surface area (TPSA) is 48.5 Å². The molecule has 1 atom stereocenters. The minimum atomic E-state index is 0.0512. The first-order chi connectivity index (χ1) is 12.2. The Morgan fingerprint density at radius 2 is 2.12 bits per heavy atom. The fraction of sp³-hybridized carbons (Fsp3) is 0.700. The minimum absolute atomic E-state index is 0.0512. The van der Waals surface area contributed by atoms with Crippen molar-refractivity contribution in [3.63, 3.8) is 0 Å². The summed E-state index contributed by atoms with van der Waals surface area (Å²) < 4.78 is 0. The molecule has 0 radical (unpaired) electrons. The molecule has 2 heterocycles. The molecule has 3 aliphatic rings. The number of likely N-dealkylation sites (tertiary alicyclic amines) is 1. The average molecular weight is 342 g/mol. The summed E-state index contributed by atoms with van der Waals surface area (Å²) in [5.74, 6) is 0.560. The van der Waals surface area contributed by atoms with Gasteiger partial charge in [0.15, 0.2) is 0 Å². The van der Waals surface area contributed by atoms with E-state index in [0.717, 1.165) is 18.8 Å². The quantitative estimate of drug-likeness (QED) is 0.828. The van der Waals surface area contributed by atoms with Crippen molar-refractivity contribution < 1.29 is 4.79 Å². The highest BCUT2D eigenvalue weighted by atomic mass is 16.2. The van der Waals surface area contributed by atoms with Crippen LogP contribution in [0.1, 0.15) is 50.3 Å². The zero-order valence-corrected chi connectivity index (χ0v) is 15.3. The van der Waals surface area contributed by atoms with Crippen molar-refractivity contribution in [3.8, 4) is 0 Å².